The van der Waals surface area contributed by atoms with Crippen LogP contribution >= 0.6 is 0 Å². The van der Waals surface area contributed by atoms with Crippen LogP contribution in [0.2, 0.25) is 0 Å². The van der Waals surface area contributed by atoms with Crippen LogP contribution in [-0.4, -0.2) is 45.1 Å². The first-order chi connectivity index (χ1) is 13.5. The van der Waals surface area contributed by atoms with Gasteiger partial charge in [0.25, 0.3) is 5.91 Å². The average molecular weight is 383 g/mol. The Balaban J connectivity index is 1.73. The Morgan fingerprint density at radius 2 is 2.07 bits per heavy atom. The lowest BCUT2D eigenvalue weighted by molar-refractivity contribution is -0.142. The highest BCUT2D eigenvalue weighted by Gasteiger charge is 2.33. The maximum atomic E-state index is 13.3. The van der Waals surface area contributed by atoms with E-state index in [0.29, 0.717) is 30.0 Å². The quantitative estimate of drug-likeness (QED) is 0.576. The number of fused-ring (bicyclic) bond motifs is 3. The number of carbonyl (C=O) groups excluding carboxylic acids is 2. The molecule has 4 rings (SSSR count). The van der Waals surface area contributed by atoms with Crippen molar-refractivity contribution in [1.29, 1.82) is 0 Å². The maximum absolute atomic E-state index is 13.3. The maximum Gasteiger partial charge on any atom is 0.508 e. The summed E-state index contributed by atoms with van der Waals surface area (Å²) in [4.78, 5) is 30.1. The number of aromatic nitrogens is 2. The van der Waals surface area contributed by atoms with Crippen LogP contribution in [0.3, 0.4) is 0 Å². The van der Waals surface area contributed by atoms with Crippen LogP contribution in [0.1, 0.15) is 47.1 Å². The molecule has 0 aromatic carbocycles. The number of rotatable bonds is 4. The van der Waals surface area contributed by atoms with Gasteiger partial charge in [0.2, 0.25) is 0 Å². The van der Waals surface area contributed by atoms with Gasteiger partial charge in [-0.15, -0.1) is 0 Å². The van der Waals surface area contributed by atoms with Gasteiger partial charge in [0.15, 0.2) is 0 Å². The van der Waals surface area contributed by atoms with Crippen LogP contribution < -0.4 is 10.5 Å². The van der Waals surface area contributed by atoms with Crippen molar-refractivity contribution in [3.63, 3.8) is 0 Å². The molecule has 28 heavy (non-hydrogen) atoms. The van der Waals surface area contributed by atoms with Crippen molar-refractivity contribution in [1.82, 2.24) is 9.55 Å². The molecule has 0 bridgehead atoms. The van der Waals surface area contributed by atoms with E-state index in [1.54, 1.807) is 11.0 Å². The molecule has 2 aromatic heterocycles. The molecule has 0 saturated heterocycles. The number of anilines is 1. The fraction of sp³-hybridized carbons (Fsp3) is 0.421. The van der Waals surface area contributed by atoms with E-state index < -0.39 is 13.1 Å². The summed E-state index contributed by atoms with van der Waals surface area (Å²) >= 11 is 0. The predicted octanol–water partition coefficient (Wildman–Crippen LogP) is 0.165. The van der Waals surface area contributed by atoms with Gasteiger partial charge >= 0.3 is 13.1 Å². The molecular formula is C19H22BN3O5. The Hall–Kier alpha value is -2.65. The van der Waals surface area contributed by atoms with Crippen LogP contribution in [-0.2, 0) is 35.5 Å². The molecule has 0 unspecified atom stereocenters. The van der Waals surface area contributed by atoms with Crippen molar-refractivity contribution in [2.45, 2.75) is 45.8 Å². The number of esters is 1. The number of aryl methyl sites for hydroxylation is 1. The summed E-state index contributed by atoms with van der Waals surface area (Å²) in [5.74, 6) is -0.644. The second kappa shape index (κ2) is 7.41. The van der Waals surface area contributed by atoms with Crippen molar-refractivity contribution in [2.75, 3.05) is 11.4 Å². The highest BCUT2D eigenvalue weighted by atomic mass is 16.5. The Morgan fingerprint density at radius 3 is 2.82 bits per heavy atom. The summed E-state index contributed by atoms with van der Waals surface area (Å²) < 4.78 is 7.19. The summed E-state index contributed by atoms with van der Waals surface area (Å²) in [5.41, 5.74) is 3.94. The van der Waals surface area contributed by atoms with Crippen LogP contribution in [0.15, 0.2) is 18.3 Å². The van der Waals surface area contributed by atoms with Crippen molar-refractivity contribution >= 4 is 30.3 Å². The van der Waals surface area contributed by atoms with Gasteiger partial charge in [-0.25, -0.2) is 0 Å². The zero-order chi connectivity index (χ0) is 19.8. The number of ether oxygens (including phenoxy) is 1. The van der Waals surface area contributed by atoms with Gasteiger partial charge in [-0.05, 0) is 43.4 Å². The monoisotopic (exact) mass is 383 g/mol. The van der Waals surface area contributed by atoms with E-state index in [0.717, 1.165) is 25.7 Å². The molecule has 2 aromatic rings. The van der Waals surface area contributed by atoms with Gasteiger partial charge in [-0.3, -0.25) is 14.6 Å². The lowest BCUT2D eigenvalue weighted by Crippen LogP contribution is -2.43. The molecule has 2 N–H and O–H groups in total. The molecular weight excluding hydrogens is 361 g/mol. The van der Waals surface area contributed by atoms with Crippen molar-refractivity contribution < 1.29 is 24.4 Å². The molecule has 0 fully saturated rings. The van der Waals surface area contributed by atoms with Crippen LogP contribution in [0.5, 0.6) is 0 Å². The van der Waals surface area contributed by atoms with Crippen LogP contribution in [0.25, 0.3) is 0 Å². The molecule has 1 aliphatic heterocycles. The normalized spacial score (nSPS) is 15.8. The third kappa shape index (κ3) is 3.20. The van der Waals surface area contributed by atoms with Gasteiger partial charge in [0.1, 0.15) is 12.3 Å². The van der Waals surface area contributed by atoms with E-state index >= 15 is 0 Å². The third-order valence-electron chi connectivity index (χ3n) is 5.44. The number of carbonyl (C=O) groups is 2. The number of pyridine rings is 1. The van der Waals surface area contributed by atoms with E-state index in [1.165, 1.54) is 24.4 Å². The first-order valence-corrected chi connectivity index (χ1v) is 9.47. The van der Waals surface area contributed by atoms with Crippen LogP contribution in [0, 0.1) is 0 Å². The number of nitrogens with zero attached hydrogens (tertiary/aromatic N) is 3. The van der Waals surface area contributed by atoms with E-state index in [4.69, 9.17) is 4.74 Å². The van der Waals surface area contributed by atoms with Gasteiger partial charge in [0, 0.05) is 37.5 Å². The number of amides is 1. The number of hydrogen-bond donors (Lipinski definition) is 2. The summed E-state index contributed by atoms with van der Waals surface area (Å²) in [6, 6.07) is 3.62. The lowest BCUT2D eigenvalue weighted by atomic mass is 9.81. The van der Waals surface area contributed by atoms with Gasteiger partial charge in [-0.2, -0.15) is 0 Å². The second-order valence-electron chi connectivity index (χ2n) is 7.16. The fourth-order valence-electron chi connectivity index (χ4n) is 4.16. The highest BCUT2D eigenvalue weighted by molar-refractivity contribution is 6.58. The average Bonchev–Trinajstić information content (AvgIpc) is 3.06. The minimum atomic E-state index is -1.83. The van der Waals surface area contributed by atoms with Crippen molar-refractivity contribution in [2.24, 2.45) is 0 Å². The van der Waals surface area contributed by atoms with Crippen LogP contribution in [0.4, 0.5) is 5.69 Å². The standard InChI is InChI=1S/C19H22BN3O5/c1-12(24)28-11-14-16(6-7-21-18(14)20(26)27)23-9-8-22-15-5-3-2-4-13(15)10-17(22)19(23)25/h6-7,10,26-27H,2-5,8-9,11H2,1H3. The van der Waals surface area contributed by atoms with E-state index in [-0.39, 0.29) is 18.1 Å². The molecule has 9 heteroatoms. The topological polar surface area (TPSA) is 105 Å². The Labute approximate surface area is 162 Å². The van der Waals surface area contributed by atoms with Gasteiger partial charge in [0.05, 0.1) is 11.3 Å². The smallest absolute Gasteiger partial charge is 0.461 e. The molecule has 8 nitrogen and oxygen atoms in total. The summed E-state index contributed by atoms with van der Waals surface area (Å²) in [6.07, 6.45) is 5.70. The second-order valence-corrected chi connectivity index (χ2v) is 7.16. The minimum absolute atomic E-state index is 0.0215. The van der Waals surface area contributed by atoms with E-state index in [2.05, 4.69) is 9.55 Å². The molecule has 0 radical (unpaired) electrons. The van der Waals surface area contributed by atoms with E-state index in [9.17, 15) is 19.6 Å². The predicted molar refractivity (Wildman–Crippen MR) is 102 cm³/mol. The third-order valence-corrected chi connectivity index (χ3v) is 5.44. The van der Waals surface area contributed by atoms with Gasteiger partial charge in [-0.1, -0.05) is 0 Å². The largest absolute Gasteiger partial charge is 0.508 e. The molecule has 0 atom stereocenters. The molecule has 0 spiro atoms. The summed E-state index contributed by atoms with van der Waals surface area (Å²) in [7, 11) is -1.83. The fourth-order valence-corrected chi connectivity index (χ4v) is 4.16. The minimum Gasteiger partial charge on any atom is -0.461 e. The zero-order valence-corrected chi connectivity index (χ0v) is 15.7. The Kier molecular flexibility index (Phi) is 4.95. The van der Waals surface area contributed by atoms with Gasteiger partial charge < -0.3 is 24.3 Å². The lowest BCUT2D eigenvalue weighted by Gasteiger charge is -2.31. The van der Waals surface area contributed by atoms with Crippen molar-refractivity contribution in [3.05, 3.63) is 40.8 Å². The molecule has 2 aliphatic rings. The Bertz CT molecular complexity index is 940. The number of hydrogen-bond acceptors (Lipinski definition) is 6. The van der Waals surface area contributed by atoms with Crippen molar-refractivity contribution in [3.8, 4) is 0 Å². The van der Waals surface area contributed by atoms with E-state index in [1.807, 2.05) is 6.07 Å². The first-order valence-electron chi connectivity index (χ1n) is 9.47. The molecule has 0 saturated carbocycles. The molecule has 146 valence electrons. The SMILES string of the molecule is CC(=O)OCc1c(N2CCn3c(cc4c3CCCC4)C2=O)ccnc1B(O)O. The molecule has 3 heterocycles. The zero-order valence-electron chi connectivity index (χ0n) is 15.7. The highest BCUT2D eigenvalue weighted by Crippen LogP contribution is 2.30. The summed E-state index contributed by atoms with van der Waals surface area (Å²) in [5, 5.41) is 19.3. The summed E-state index contributed by atoms with van der Waals surface area (Å²) in [6.45, 7) is 2.20. The molecule has 1 amide bonds. The first kappa shape index (κ1) is 18.7. The molecule has 1 aliphatic carbocycles. The Morgan fingerprint density at radius 1 is 1.29 bits per heavy atom.